The van der Waals surface area contributed by atoms with E-state index in [1.807, 2.05) is 47.3 Å². The number of hydrogen-bond donors (Lipinski definition) is 1. The van der Waals surface area contributed by atoms with Crippen molar-refractivity contribution in [3.05, 3.63) is 54.2 Å². The molecule has 7 nitrogen and oxygen atoms in total. The highest BCUT2D eigenvalue weighted by Gasteiger charge is 2.23. The molecule has 0 radical (unpaired) electrons. The van der Waals surface area contributed by atoms with Gasteiger partial charge >= 0.3 is 6.01 Å². The second kappa shape index (κ2) is 6.21. The molecule has 1 N–H and O–H groups in total. The molecular weight excluding hydrogens is 294 g/mol. The van der Waals surface area contributed by atoms with Crippen LogP contribution >= 0.6 is 0 Å². The highest BCUT2D eigenvalue weighted by molar-refractivity contribution is 5.30. The summed E-state index contributed by atoms with van der Waals surface area (Å²) in [4.78, 5) is 0. The molecule has 3 heterocycles. The van der Waals surface area contributed by atoms with Gasteiger partial charge in [-0.3, -0.25) is 0 Å². The van der Waals surface area contributed by atoms with E-state index in [9.17, 15) is 0 Å². The van der Waals surface area contributed by atoms with Crippen LogP contribution in [0.1, 0.15) is 30.5 Å². The minimum atomic E-state index is -0.0599. The Kier molecular flexibility index (Phi) is 3.77. The van der Waals surface area contributed by atoms with E-state index in [1.54, 1.807) is 0 Å². The standard InChI is InChI=1S/C16H17N5O2/c1-2-5-13(6-3-1)21-9-8-12(20-21)11-17-16-19-18-15(23-16)14-7-4-10-22-14/h1-3,5-6,8-9,14H,4,7,10-11H2,(H,17,19). The molecule has 1 unspecified atom stereocenters. The molecule has 118 valence electrons. The van der Waals surface area contributed by atoms with Crippen molar-refractivity contribution in [1.29, 1.82) is 0 Å². The van der Waals surface area contributed by atoms with Gasteiger partial charge in [0.1, 0.15) is 6.10 Å². The second-order valence-electron chi connectivity index (χ2n) is 5.39. The van der Waals surface area contributed by atoms with Crippen molar-refractivity contribution < 1.29 is 9.15 Å². The molecule has 1 aliphatic rings. The van der Waals surface area contributed by atoms with Gasteiger partial charge in [0.15, 0.2) is 0 Å². The van der Waals surface area contributed by atoms with E-state index in [0.717, 1.165) is 30.8 Å². The van der Waals surface area contributed by atoms with Gasteiger partial charge in [0, 0.05) is 12.8 Å². The van der Waals surface area contributed by atoms with Crippen molar-refractivity contribution in [3.8, 4) is 5.69 Å². The van der Waals surface area contributed by atoms with E-state index in [2.05, 4.69) is 20.6 Å². The van der Waals surface area contributed by atoms with Crippen LogP contribution in [0.3, 0.4) is 0 Å². The summed E-state index contributed by atoms with van der Waals surface area (Å²) in [6.45, 7) is 1.28. The van der Waals surface area contributed by atoms with Gasteiger partial charge in [-0.15, -0.1) is 5.10 Å². The van der Waals surface area contributed by atoms with Crippen molar-refractivity contribution in [3.63, 3.8) is 0 Å². The number of nitrogens with one attached hydrogen (secondary N) is 1. The molecule has 1 atom stereocenters. The van der Waals surface area contributed by atoms with Crippen LogP contribution < -0.4 is 5.32 Å². The number of nitrogens with zero attached hydrogens (tertiary/aromatic N) is 4. The van der Waals surface area contributed by atoms with Gasteiger partial charge < -0.3 is 14.5 Å². The maximum absolute atomic E-state index is 5.59. The van der Waals surface area contributed by atoms with Gasteiger partial charge in [0.2, 0.25) is 5.89 Å². The summed E-state index contributed by atoms with van der Waals surface area (Å²) in [7, 11) is 0. The number of rotatable bonds is 5. The zero-order valence-corrected chi connectivity index (χ0v) is 12.6. The number of ether oxygens (including phenoxy) is 1. The topological polar surface area (TPSA) is 78.0 Å². The van der Waals surface area contributed by atoms with Crippen LogP contribution in [0.15, 0.2) is 47.0 Å². The number of hydrogen-bond acceptors (Lipinski definition) is 6. The minimum Gasteiger partial charge on any atom is -0.405 e. The van der Waals surface area contributed by atoms with Crippen LogP contribution in [-0.4, -0.2) is 26.6 Å². The lowest BCUT2D eigenvalue weighted by atomic mass is 10.2. The Bertz CT molecular complexity index is 762. The largest absolute Gasteiger partial charge is 0.405 e. The Balaban J connectivity index is 1.39. The fraction of sp³-hybridized carbons (Fsp3) is 0.312. The van der Waals surface area contributed by atoms with Gasteiger partial charge in [-0.25, -0.2) is 4.68 Å². The predicted octanol–water partition coefficient (Wildman–Crippen LogP) is 2.72. The summed E-state index contributed by atoms with van der Waals surface area (Å²) in [5.74, 6) is 0.541. The van der Waals surface area contributed by atoms with Crippen molar-refractivity contribution in [2.75, 3.05) is 11.9 Å². The second-order valence-corrected chi connectivity index (χ2v) is 5.39. The van der Waals surface area contributed by atoms with E-state index in [0.29, 0.717) is 18.5 Å². The first-order chi connectivity index (χ1) is 11.4. The molecule has 0 spiro atoms. The number of anilines is 1. The lowest BCUT2D eigenvalue weighted by Crippen LogP contribution is -2.02. The number of aromatic nitrogens is 4. The Labute approximate surface area is 133 Å². The molecule has 4 rings (SSSR count). The summed E-state index contributed by atoms with van der Waals surface area (Å²) in [6.07, 6.45) is 3.84. The molecule has 2 aromatic heterocycles. The maximum Gasteiger partial charge on any atom is 0.315 e. The quantitative estimate of drug-likeness (QED) is 0.780. The van der Waals surface area contributed by atoms with E-state index in [1.165, 1.54) is 0 Å². The van der Waals surface area contributed by atoms with Gasteiger partial charge in [-0.05, 0) is 31.0 Å². The summed E-state index contributed by atoms with van der Waals surface area (Å²) in [5, 5.41) is 15.6. The van der Waals surface area contributed by atoms with Gasteiger partial charge in [-0.1, -0.05) is 23.3 Å². The third-order valence-electron chi connectivity index (χ3n) is 3.73. The average Bonchev–Trinajstić information content (AvgIpc) is 3.33. The minimum absolute atomic E-state index is 0.0599. The molecule has 0 saturated carbocycles. The van der Waals surface area contributed by atoms with Crippen LogP contribution in [0.5, 0.6) is 0 Å². The fourth-order valence-corrected chi connectivity index (χ4v) is 2.56. The van der Waals surface area contributed by atoms with E-state index < -0.39 is 0 Å². The monoisotopic (exact) mass is 311 g/mol. The predicted molar refractivity (Wildman–Crippen MR) is 83.1 cm³/mol. The number of benzene rings is 1. The van der Waals surface area contributed by atoms with Crippen molar-refractivity contribution in [2.24, 2.45) is 0 Å². The number of para-hydroxylation sites is 1. The smallest absolute Gasteiger partial charge is 0.315 e. The molecule has 0 amide bonds. The van der Waals surface area contributed by atoms with Crippen molar-refractivity contribution >= 4 is 6.01 Å². The summed E-state index contributed by atoms with van der Waals surface area (Å²) < 4.78 is 13.0. The Morgan fingerprint density at radius 3 is 2.91 bits per heavy atom. The van der Waals surface area contributed by atoms with Crippen molar-refractivity contribution in [2.45, 2.75) is 25.5 Å². The molecule has 1 aliphatic heterocycles. The van der Waals surface area contributed by atoms with Gasteiger partial charge in [0.25, 0.3) is 0 Å². The summed E-state index contributed by atoms with van der Waals surface area (Å²) in [6, 6.07) is 12.3. The normalized spacial score (nSPS) is 17.5. The third kappa shape index (κ3) is 3.09. The zero-order chi connectivity index (χ0) is 15.5. The summed E-state index contributed by atoms with van der Waals surface area (Å²) in [5.41, 5.74) is 1.92. The lowest BCUT2D eigenvalue weighted by Gasteiger charge is -2.02. The first-order valence-electron chi connectivity index (χ1n) is 7.67. The Morgan fingerprint density at radius 2 is 2.09 bits per heavy atom. The lowest BCUT2D eigenvalue weighted by molar-refractivity contribution is 0.0897. The van der Waals surface area contributed by atoms with Gasteiger partial charge in [0.05, 0.1) is 17.9 Å². The highest BCUT2D eigenvalue weighted by atomic mass is 16.5. The molecule has 7 heteroatoms. The van der Waals surface area contributed by atoms with E-state index >= 15 is 0 Å². The molecule has 0 aliphatic carbocycles. The molecule has 3 aromatic rings. The molecule has 23 heavy (non-hydrogen) atoms. The van der Waals surface area contributed by atoms with Gasteiger partial charge in [-0.2, -0.15) is 5.10 Å². The summed E-state index contributed by atoms with van der Waals surface area (Å²) >= 11 is 0. The van der Waals surface area contributed by atoms with E-state index in [-0.39, 0.29) is 6.10 Å². The van der Waals surface area contributed by atoms with Crippen LogP contribution in [0.4, 0.5) is 6.01 Å². The first kappa shape index (κ1) is 14.0. The van der Waals surface area contributed by atoms with Crippen LogP contribution in [0.25, 0.3) is 5.69 Å². The Morgan fingerprint density at radius 1 is 1.17 bits per heavy atom. The fourth-order valence-electron chi connectivity index (χ4n) is 2.56. The zero-order valence-electron chi connectivity index (χ0n) is 12.6. The van der Waals surface area contributed by atoms with Crippen LogP contribution in [0, 0.1) is 0 Å². The van der Waals surface area contributed by atoms with E-state index in [4.69, 9.17) is 9.15 Å². The molecule has 1 fully saturated rings. The molecule has 0 bridgehead atoms. The third-order valence-corrected chi connectivity index (χ3v) is 3.73. The Hall–Kier alpha value is -2.67. The average molecular weight is 311 g/mol. The first-order valence-corrected chi connectivity index (χ1v) is 7.67. The molecular formula is C16H17N5O2. The maximum atomic E-state index is 5.59. The molecule has 1 aromatic carbocycles. The SMILES string of the molecule is c1ccc(-n2ccc(CNc3nnc(C4CCCO4)o3)n2)cc1. The highest BCUT2D eigenvalue weighted by Crippen LogP contribution is 2.28. The van der Waals surface area contributed by atoms with Crippen LogP contribution in [0.2, 0.25) is 0 Å². The molecule has 1 saturated heterocycles. The van der Waals surface area contributed by atoms with Crippen LogP contribution in [-0.2, 0) is 11.3 Å². The van der Waals surface area contributed by atoms with Crippen molar-refractivity contribution in [1.82, 2.24) is 20.0 Å².